The second-order valence-electron chi connectivity index (χ2n) is 5.20. The van der Waals surface area contributed by atoms with Crippen LogP contribution in [0.1, 0.15) is 44.2 Å². The molecule has 0 radical (unpaired) electrons. The molecule has 2 rings (SSSR count). The van der Waals surface area contributed by atoms with Crippen LogP contribution < -0.4 is 5.73 Å². The zero-order chi connectivity index (χ0) is 12.4. The van der Waals surface area contributed by atoms with Crippen LogP contribution in [-0.2, 0) is 0 Å². The Bertz CT molecular complexity index is 394. The van der Waals surface area contributed by atoms with Crippen LogP contribution in [-0.4, -0.2) is 0 Å². The van der Waals surface area contributed by atoms with Crippen LogP contribution in [0.25, 0.3) is 0 Å². The molecule has 0 bridgehead atoms. The number of halogens is 2. The SMILES string of the molecule is CC1CCCC(C(N)c2cccc(Cl)c2F)C1. The fourth-order valence-electron chi connectivity index (χ4n) is 2.84. The molecule has 0 heterocycles. The van der Waals surface area contributed by atoms with Crippen molar-refractivity contribution in [3.8, 4) is 0 Å². The minimum Gasteiger partial charge on any atom is -0.324 e. The summed E-state index contributed by atoms with van der Waals surface area (Å²) in [5, 5.41) is 0.168. The fourth-order valence-corrected chi connectivity index (χ4v) is 3.02. The van der Waals surface area contributed by atoms with Gasteiger partial charge in [0.05, 0.1) is 5.02 Å². The Hall–Kier alpha value is -0.600. The summed E-state index contributed by atoms with van der Waals surface area (Å²) in [5.74, 6) is 0.730. The van der Waals surface area contributed by atoms with Gasteiger partial charge in [0.15, 0.2) is 0 Å². The number of benzene rings is 1. The van der Waals surface area contributed by atoms with Crippen LogP contribution in [0, 0.1) is 17.7 Å². The van der Waals surface area contributed by atoms with Gasteiger partial charge in [-0.3, -0.25) is 0 Å². The van der Waals surface area contributed by atoms with E-state index in [1.54, 1.807) is 18.2 Å². The summed E-state index contributed by atoms with van der Waals surface area (Å²) in [6, 6.07) is 4.87. The zero-order valence-corrected chi connectivity index (χ0v) is 10.9. The first-order valence-corrected chi connectivity index (χ1v) is 6.67. The van der Waals surface area contributed by atoms with Gasteiger partial charge in [-0.15, -0.1) is 0 Å². The van der Waals surface area contributed by atoms with Crippen LogP contribution in [0.3, 0.4) is 0 Å². The summed E-state index contributed by atoms with van der Waals surface area (Å²) in [6.07, 6.45) is 4.65. The summed E-state index contributed by atoms with van der Waals surface area (Å²) < 4.78 is 13.9. The van der Waals surface area contributed by atoms with Gasteiger partial charge in [0.25, 0.3) is 0 Å². The van der Waals surface area contributed by atoms with Crippen molar-refractivity contribution >= 4 is 11.6 Å². The quantitative estimate of drug-likeness (QED) is 0.838. The fraction of sp³-hybridized carbons (Fsp3) is 0.571. The van der Waals surface area contributed by atoms with E-state index in [1.807, 2.05) is 0 Å². The van der Waals surface area contributed by atoms with E-state index >= 15 is 0 Å². The highest BCUT2D eigenvalue weighted by molar-refractivity contribution is 6.30. The van der Waals surface area contributed by atoms with Gasteiger partial charge in [0.1, 0.15) is 5.82 Å². The molecular formula is C14H19ClFN. The smallest absolute Gasteiger partial charge is 0.146 e. The first kappa shape index (κ1) is 12.8. The van der Waals surface area contributed by atoms with E-state index in [0.29, 0.717) is 17.4 Å². The van der Waals surface area contributed by atoms with Crippen LogP contribution >= 0.6 is 11.6 Å². The van der Waals surface area contributed by atoms with Gasteiger partial charge in [0.2, 0.25) is 0 Å². The van der Waals surface area contributed by atoms with Gasteiger partial charge in [0, 0.05) is 11.6 Å². The normalized spacial score (nSPS) is 26.8. The summed E-state index contributed by atoms with van der Waals surface area (Å²) >= 11 is 5.79. The van der Waals surface area contributed by atoms with E-state index in [1.165, 1.54) is 12.8 Å². The van der Waals surface area contributed by atoms with Crippen molar-refractivity contribution in [1.29, 1.82) is 0 Å². The molecular weight excluding hydrogens is 237 g/mol. The van der Waals surface area contributed by atoms with E-state index < -0.39 is 0 Å². The summed E-state index contributed by atoms with van der Waals surface area (Å²) in [5.41, 5.74) is 6.77. The molecule has 1 aliphatic carbocycles. The molecule has 0 aliphatic heterocycles. The van der Waals surface area contributed by atoms with Crippen LogP contribution in [0.2, 0.25) is 5.02 Å². The Kier molecular flexibility index (Phi) is 4.05. The third-order valence-corrected chi connectivity index (χ3v) is 4.12. The van der Waals surface area contributed by atoms with E-state index in [0.717, 1.165) is 12.8 Å². The predicted molar refractivity (Wildman–Crippen MR) is 69.5 cm³/mol. The number of rotatable bonds is 2. The van der Waals surface area contributed by atoms with Crippen molar-refractivity contribution in [2.75, 3.05) is 0 Å². The minimum absolute atomic E-state index is 0.168. The van der Waals surface area contributed by atoms with Crippen LogP contribution in [0.15, 0.2) is 18.2 Å². The van der Waals surface area contributed by atoms with Gasteiger partial charge in [-0.05, 0) is 30.7 Å². The molecule has 3 heteroatoms. The van der Waals surface area contributed by atoms with Crippen molar-refractivity contribution in [2.45, 2.75) is 38.6 Å². The van der Waals surface area contributed by atoms with E-state index in [9.17, 15) is 4.39 Å². The molecule has 0 saturated heterocycles. The Labute approximate surface area is 107 Å². The van der Waals surface area contributed by atoms with Gasteiger partial charge < -0.3 is 5.73 Å². The van der Waals surface area contributed by atoms with Crippen molar-refractivity contribution in [2.24, 2.45) is 17.6 Å². The highest BCUT2D eigenvalue weighted by atomic mass is 35.5. The van der Waals surface area contributed by atoms with Gasteiger partial charge >= 0.3 is 0 Å². The summed E-state index contributed by atoms with van der Waals surface area (Å²) in [7, 11) is 0. The monoisotopic (exact) mass is 255 g/mol. The van der Waals surface area contributed by atoms with E-state index in [4.69, 9.17) is 17.3 Å². The van der Waals surface area contributed by atoms with Gasteiger partial charge in [-0.1, -0.05) is 43.5 Å². The maximum atomic E-state index is 13.9. The van der Waals surface area contributed by atoms with Gasteiger partial charge in [-0.2, -0.15) is 0 Å². The molecule has 0 aromatic heterocycles. The lowest BCUT2D eigenvalue weighted by Crippen LogP contribution is -2.27. The molecule has 3 unspecified atom stereocenters. The number of nitrogens with two attached hydrogens (primary N) is 1. The van der Waals surface area contributed by atoms with Crippen LogP contribution in [0.4, 0.5) is 4.39 Å². The van der Waals surface area contributed by atoms with E-state index in [-0.39, 0.29) is 16.9 Å². The molecule has 1 fully saturated rings. The van der Waals surface area contributed by atoms with Crippen LogP contribution in [0.5, 0.6) is 0 Å². The third kappa shape index (κ3) is 2.80. The Morgan fingerprint density at radius 2 is 2.18 bits per heavy atom. The topological polar surface area (TPSA) is 26.0 Å². The lowest BCUT2D eigenvalue weighted by Gasteiger charge is -2.31. The highest BCUT2D eigenvalue weighted by Crippen LogP contribution is 2.37. The first-order valence-electron chi connectivity index (χ1n) is 6.29. The molecule has 17 heavy (non-hydrogen) atoms. The third-order valence-electron chi connectivity index (χ3n) is 3.83. The average Bonchev–Trinajstić information content (AvgIpc) is 2.32. The lowest BCUT2D eigenvalue weighted by atomic mass is 9.77. The number of hydrogen-bond acceptors (Lipinski definition) is 1. The van der Waals surface area contributed by atoms with Crippen molar-refractivity contribution < 1.29 is 4.39 Å². The largest absolute Gasteiger partial charge is 0.324 e. The molecule has 1 saturated carbocycles. The maximum absolute atomic E-state index is 13.9. The Balaban J connectivity index is 2.18. The minimum atomic E-state index is -0.347. The maximum Gasteiger partial charge on any atom is 0.146 e. The average molecular weight is 256 g/mol. The molecule has 0 amide bonds. The highest BCUT2D eigenvalue weighted by Gasteiger charge is 2.27. The molecule has 0 spiro atoms. The van der Waals surface area contributed by atoms with Gasteiger partial charge in [-0.25, -0.2) is 4.39 Å². The predicted octanol–water partition coefficient (Wildman–Crippen LogP) is 4.31. The van der Waals surface area contributed by atoms with Crippen molar-refractivity contribution in [3.63, 3.8) is 0 Å². The van der Waals surface area contributed by atoms with E-state index in [2.05, 4.69) is 6.92 Å². The molecule has 1 aliphatic rings. The molecule has 94 valence electrons. The molecule has 2 N–H and O–H groups in total. The van der Waals surface area contributed by atoms with Crippen molar-refractivity contribution in [1.82, 2.24) is 0 Å². The van der Waals surface area contributed by atoms with Crippen molar-refractivity contribution in [3.05, 3.63) is 34.6 Å². The number of hydrogen-bond donors (Lipinski definition) is 1. The summed E-state index contributed by atoms with van der Waals surface area (Å²) in [4.78, 5) is 0. The standard InChI is InChI=1S/C14H19ClFN/c1-9-4-2-5-10(8-9)14(17)11-6-3-7-12(15)13(11)16/h3,6-7,9-10,14H,2,4-5,8,17H2,1H3. The second kappa shape index (κ2) is 5.36. The first-order chi connectivity index (χ1) is 8.09. The summed E-state index contributed by atoms with van der Waals surface area (Å²) in [6.45, 7) is 2.24. The zero-order valence-electron chi connectivity index (χ0n) is 10.1. The second-order valence-corrected chi connectivity index (χ2v) is 5.61. The molecule has 1 aromatic rings. The molecule has 3 atom stereocenters. The Morgan fingerprint density at radius 1 is 1.41 bits per heavy atom. The lowest BCUT2D eigenvalue weighted by molar-refractivity contribution is 0.245. The molecule has 1 aromatic carbocycles. The Morgan fingerprint density at radius 3 is 2.88 bits per heavy atom. The molecule has 1 nitrogen and oxygen atoms in total.